The minimum Gasteiger partial charge on any atom is -0.439 e. The fourth-order valence-corrected chi connectivity index (χ4v) is 6.48. The lowest BCUT2D eigenvalue weighted by Crippen LogP contribution is -2.60. The van der Waals surface area contributed by atoms with Crippen LogP contribution >= 0.6 is 0 Å². The van der Waals surface area contributed by atoms with Crippen LogP contribution in [0.3, 0.4) is 0 Å². The summed E-state index contributed by atoms with van der Waals surface area (Å²) in [5.41, 5.74) is 6.12. The van der Waals surface area contributed by atoms with Crippen LogP contribution in [0.1, 0.15) is 40.5 Å². The first-order valence-electron chi connectivity index (χ1n) is 17.3. The van der Waals surface area contributed by atoms with Gasteiger partial charge in [0.15, 0.2) is 12.4 Å². The van der Waals surface area contributed by atoms with Gasteiger partial charge in [-0.2, -0.15) is 0 Å². The van der Waals surface area contributed by atoms with Crippen LogP contribution in [0, 0.1) is 11.8 Å². The second-order valence-electron chi connectivity index (χ2n) is 13.4. The number of methoxy groups -OCH3 is 2. The molecule has 0 aromatic carbocycles. The van der Waals surface area contributed by atoms with Gasteiger partial charge in [0.1, 0.15) is 30.5 Å². The smallest absolute Gasteiger partial charge is 0.405 e. The molecule has 53 heavy (non-hydrogen) atoms. The van der Waals surface area contributed by atoms with Crippen molar-refractivity contribution in [3.63, 3.8) is 0 Å². The Balaban J connectivity index is 2.19. The van der Waals surface area contributed by atoms with Crippen LogP contribution in [0.25, 0.3) is 0 Å². The van der Waals surface area contributed by atoms with Gasteiger partial charge in [-0.05, 0) is 38.2 Å². The lowest BCUT2D eigenvalue weighted by molar-refractivity contribution is -0.320. The van der Waals surface area contributed by atoms with Crippen molar-refractivity contribution in [2.45, 2.75) is 95.7 Å². The van der Waals surface area contributed by atoms with E-state index < -0.39 is 91.2 Å². The van der Waals surface area contributed by atoms with Crippen LogP contribution < -0.4 is 16.4 Å². The number of ketones is 2. The first kappa shape index (κ1) is 43.4. The Labute approximate surface area is 309 Å². The van der Waals surface area contributed by atoms with Gasteiger partial charge in [-0.15, -0.1) is 6.58 Å². The van der Waals surface area contributed by atoms with Crippen LogP contribution in [0.5, 0.6) is 0 Å². The van der Waals surface area contributed by atoms with Crippen LogP contribution in [0.2, 0.25) is 0 Å². The molecule has 0 unspecified atom stereocenters. The summed E-state index contributed by atoms with van der Waals surface area (Å²) in [6, 6.07) is 0. The van der Waals surface area contributed by atoms with Crippen molar-refractivity contribution in [1.29, 1.82) is 0 Å². The summed E-state index contributed by atoms with van der Waals surface area (Å²) in [6.45, 7) is 9.97. The van der Waals surface area contributed by atoms with Crippen molar-refractivity contribution in [3.05, 3.63) is 71.1 Å². The number of nitrogens with one attached hydrogen (secondary N) is 2. The fourth-order valence-electron chi connectivity index (χ4n) is 6.48. The highest BCUT2D eigenvalue weighted by atomic mass is 16.7. The van der Waals surface area contributed by atoms with E-state index in [0.29, 0.717) is 5.57 Å². The highest BCUT2D eigenvalue weighted by molar-refractivity contribution is 6.23. The molecule has 16 nitrogen and oxygen atoms in total. The van der Waals surface area contributed by atoms with Gasteiger partial charge in [0.2, 0.25) is 11.6 Å². The molecule has 0 aromatic heterocycles. The second-order valence-corrected chi connectivity index (χ2v) is 13.4. The molecule has 0 spiro atoms. The highest BCUT2D eigenvalue weighted by Gasteiger charge is 2.46. The predicted octanol–water partition coefficient (Wildman–Crippen LogP) is 0.362. The van der Waals surface area contributed by atoms with Gasteiger partial charge in [0.05, 0.1) is 30.2 Å². The highest BCUT2D eigenvalue weighted by Crippen LogP contribution is 2.32. The Morgan fingerprint density at radius 2 is 1.81 bits per heavy atom. The number of aliphatic hydroxyl groups excluding tert-OH is 4. The summed E-state index contributed by atoms with van der Waals surface area (Å²) in [6.07, 6.45) is -3.60. The average Bonchev–Trinajstić information content (AvgIpc) is 3.11. The number of hydrogen-bond acceptors (Lipinski definition) is 14. The van der Waals surface area contributed by atoms with E-state index in [1.807, 2.05) is 6.92 Å². The minimum atomic E-state index is -1.72. The summed E-state index contributed by atoms with van der Waals surface area (Å²) in [5, 5.41) is 47.1. The third-order valence-electron chi connectivity index (χ3n) is 9.32. The van der Waals surface area contributed by atoms with E-state index >= 15 is 0 Å². The zero-order valence-electron chi connectivity index (χ0n) is 30.9. The predicted molar refractivity (Wildman–Crippen MR) is 190 cm³/mol. The minimum absolute atomic E-state index is 0.0642. The van der Waals surface area contributed by atoms with Crippen LogP contribution in [0.4, 0.5) is 4.79 Å². The van der Waals surface area contributed by atoms with E-state index in [-0.39, 0.29) is 47.8 Å². The fraction of sp³-hybridized carbons (Fsp3) is 0.568. The lowest BCUT2D eigenvalue weighted by Gasteiger charge is -2.43. The molecule has 2 amide bonds. The van der Waals surface area contributed by atoms with Crippen LogP contribution in [0.15, 0.2) is 71.1 Å². The Morgan fingerprint density at radius 1 is 1.11 bits per heavy atom. The molecule has 3 aliphatic rings. The molecule has 1 fully saturated rings. The first-order valence-corrected chi connectivity index (χ1v) is 17.3. The SMILES string of the molecule is C=CCNC1=C2C[C@@H](C)C[C@H](OC)[C@H](O[C@@H]3O[C@H](CO)[C@@H](O)[C@H](O)[C@H]3O)[C@@H](C)/C=C(\C)[C@H](OC(N)=O)[C@@H](OC)/C=C\C=C(/C)C(=O)NC(=CC1=O)C2=O. The van der Waals surface area contributed by atoms with E-state index in [9.17, 15) is 39.6 Å². The summed E-state index contributed by atoms with van der Waals surface area (Å²) in [7, 11) is 2.82. The molecule has 2 aliphatic heterocycles. The monoisotopic (exact) mass is 747 g/mol. The number of rotatable bonds is 9. The summed E-state index contributed by atoms with van der Waals surface area (Å²) < 4.78 is 29.1. The zero-order chi connectivity index (χ0) is 39.6. The molecule has 2 bridgehead atoms. The number of nitrogens with two attached hydrogens (primary N) is 1. The second kappa shape index (κ2) is 19.9. The van der Waals surface area contributed by atoms with E-state index in [4.69, 9.17) is 29.4 Å². The molecule has 1 aliphatic carbocycles. The van der Waals surface area contributed by atoms with Gasteiger partial charge in [0.25, 0.3) is 5.91 Å². The Morgan fingerprint density at radius 3 is 2.42 bits per heavy atom. The number of aliphatic hydroxyl groups is 4. The molecule has 0 aromatic rings. The van der Waals surface area contributed by atoms with Gasteiger partial charge >= 0.3 is 6.09 Å². The number of amides is 2. The maximum Gasteiger partial charge on any atom is 0.405 e. The van der Waals surface area contributed by atoms with Crippen molar-refractivity contribution in [1.82, 2.24) is 10.6 Å². The van der Waals surface area contributed by atoms with Crippen LogP contribution in [-0.4, -0.2) is 126 Å². The van der Waals surface area contributed by atoms with Gasteiger partial charge in [-0.1, -0.05) is 44.2 Å². The van der Waals surface area contributed by atoms with E-state index in [1.165, 1.54) is 45.4 Å². The number of allylic oxidation sites excluding steroid dienone is 4. The first-order chi connectivity index (χ1) is 25.1. The van der Waals surface area contributed by atoms with Gasteiger partial charge in [-0.25, -0.2) is 4.79 Å². The van der Waals surface area contributed by atoms with Crippen molar-refractivity contribution in [2.24, 2.45) is 17.6 Å². The number of Topliss-reactive ketones (excluding diaryl/α,β-unsaturated/α-hetero) is 1. The third-order valence-corrected chi connectivity index (χ3v) is 9.32. The standard InChI is InChI=1S/C37H53N3O13/c1-8-12-39-28-22-13-18(2)14-26(50-7)34(52-36-32(46)31(45)30(44)27(17-41)51-36)21(5)15-20(4)33(53-37(38)48)25(49-6)11-9-10-19(3)35(47)40-23(29(22)43)16-24(28)42/h8-11,15-16,18,21,25-27,30-34,36,39,41,44-46H,1,12-14,17H2,2-7H3,(H2,38,48)(H,40,47)/b11-9-,19-10+,20-15+/t18-,21+,25+,26+,27-,30-,31+,32-,33+,34-,36+/m1/s1. The Hall–Kier alpha value is -4.00. The number of carbonyl (C=O) groups excluding carboxylic acids is 4. The van der Waals surface area contributed by atoms with Crippen LogP contribution in [-0.2, 0) is 38.1 Å². The number of ether oxygens (including phenoxy) is 5. The van der Waals surface area contributed by atoms with Crippen molar-refractivity contribution >= 4 is 23.6 Å². The summed E-state index contributed by atoms with van der Waals surface area (Å²) in [4.78, 5) is 52.4. The molecule has 0 radical (unpaired) electrons. The molecule has 11 atom stereocenters. The topological polar surface area (TPSA) is 245 Å². The lowest BCUT2D eigenvalue weighted by atomic mass is 9.85. The van der Waals surface area contributed by atoms with E-state index in [2.05, 4.69) is 17.2 Å². The third kappa shape index (κ3) is 11.0. The number of fused-ring (bicyclic) bond motifs is 2. The molecule has 16 heteroatoms. The summed E-state index contributed by atoms with van der Waals surface area (Å²) in [5.74, 6) is -2.70. The number of primary amides is 1. The zero-order valence-corrected chi connectivity index (χ0v) is 30.9. The largest absolute Gasteiger partial charge is 0.439 e. The molecule has 0 saturated carbocycles. The van der Waals surface area contributed by atoms with Gasteiger partial charge in [-0.3, -0.25) is 14.4 Å². The number of hydrogen-bond donors (Lipinski definition) is 7. The maximum absolute atomic E-state index is 13.9. The molecule has 2 heterocycles. The number of carbonyl (C=O) groups is 4. The molecule has 294 valence electrons. The normalized spacial score (nSPS) is 36.3. The maximum atomic E-state index is 13.9. The Bertz CT molecular complexity index is 1520. The van der Waals surface area contributed by atoms with Crippen molar-refractivity contribution in [2.75, 3.05) is 27.4 Å². The van der Waals surface area contributed by atoms with E-state index in [1.54, 1.807) is 19.9 Å². The van der Waals surface area contributed by atoms with Crippen molar-refractivity contribution < 1.29 is 63.3 Å². The molecular weight excluding hydrogens is 694 g/mol. The molecule has 1 saturated heterocycles. The Kier molecular flexibility index (Phi) is 16.3. The van der Waals surface area contributed by atoms with E-state index in [0.717, 1.165) is 6.08 Å². The van der Waals surface area contributed by atoms with Gasteiger partial charge < -0.3 is 60.5 Å². The molecular formula is C37H53N3O13. The average molecular weight is 748 g/mol. The summed E-state index contributed by atoms with van der Waals surface area (Å²) >= 11 is 0. The molecule has 8 N–H and O–H groups in total. The quantitative estimate of drug-likeness (QED) is 0.124. The van der Waals surface area contributed by atoms with Crippen molar-refractivity contribution in [3.8, 4) is 0 Å². The molecule has 3 rings (SSSR count). The van der Waals surface area contributed by atoms with Gasteiger partial charge in [0, 0.05) is 43.9 Å².